The molecule has 0 unspecified atom stereocenters. The number of ether oxygens (including phenoxy) is 1. The molecule has 2 aromatic carbocycles. The molecule has 0 radical (unpaired) electrons. The molecule has 0 saturated carbocycles. The van der Waals surface area contributed by atoms with Crippen LogP contribution < -0.4 is 4.74 Å². The second kappa shape index (κ2) is 5.06. The van der Waals surface area contributed by atoms with E-state index < -0.39 is 0 Å². The van der Waals surface area contributed by atoms with Crippen LogP contribution in [0, 0.1) is 0 Å². The highest BCUT2D eigenvalue weighted by Gasteiger charge is 2.12. The fourth-order valence-corrected chi connectivity index (χ4v) is 2.62. The first-order chi connectivity index (χ1) is 9.26. The highest BCUT2D eigenvalue weighted by Crippen LogP contribution is 2.31. The Balaban J connectivity index is 1.91. The molecule has 0 heterocycles. The first-order valence-electron chi connectivity index (χ1n) is 6.30. The highest BCUT2D eigenvalue weighted by atomic mass is 35.5. The molecule has 0 spiro atoms. The summed E-state index contributed by atoms with van der Waals surface area (Å²) in [4.78, 5) is 11.0. The Morgan fingerprint density at radius 3 is 2.74 bits per heavy atom. The van der Waals surface area contributed by atoms with Crippen molar-refractivity contribution in [1.29, 1.82) is 0 Å². The van der Waals surface area contributed by atoms with E-state index in [1.54, 1.807) is 18.2 Å². The van der Waals surface area contributed by atoms with Crippen LogP contribution >= 0.6 is 11.6 Å². The van der Waals surface area contributed by atoms with Crippen LogP contribution in [0.5, 0.6) is 11.5 Å². The van der Waals surface area contributed by atoms with Gasteiger partial charge < -0.3 is 4.74 Å². The smallest absolute Gasteiger partial charge is 0.153 e. The summed E-state index contributed by atoms with van der Waals surface area (Å²) in [5.41, 5.74) is 3.21. The number of hydrogen-bond acceptors (Lipinski definition) is 2. The lowest BCUT2D eigenvalue weighted by Gasteiger charge is -2.09. The number of hydrogen-bond donors (Lipinski definition) is 0. The van der Waals surface area contributed by atoms with Gasteiger partial charge in [-0.1, -0.05) is 17.7 Å². The summed E-state index contributed by atoms with van der Waals surface area (Å²) in [6, 6.07) is 11.2. The fraction of sp³-hybridized carbons (Fsp3) is 0.188. The summed E-state index contributed by atoms with van der Waals surface area (Å²) < 4.78 is 5.79. The molecule has 0 aromatic heterocycles. The van der Waals surface area contributed by atoms with Crippen molar-refractivity contribution < 1.29 is 9.53 Å². The molecule has 19 heavy (non-hydrogen) atoms. The molecule has 0 atom stereocenters. The van der Waals surface area contributed by atoms with Gasteiger partial charge in [-0.3, -0.25) is 4.79 Å². The minimum absolute atomic E-state index is 0.466. The van der Waals surface area contributed by atoms with Gasteiger partial charge in [0.25, 0.3) is 0 Å². The zero-order valence-corrected chi connectivity index (χ0v) is 11.1. The average molecular weight is 273 g/mol. The van der Waals surface area contributed by atoms with Gasteiger partial charge in [0.1, 0.15) is 11.5 Å². The van der Waals surface area contributed by atoms with E-state index in [0.29, 0.717) is 16.3 Å². The van der Waals surface area contributed by atoms with Crippen molar-refractivity contribution >= 4 is 17.9 Å². The Hall–Kier alpha value is -1.80. The lowest BCUT2D eigenvalue weighted by Crippen LogP contribution is -1.92. The van der Waals surface area contributed by atoms with Crippen LogP contribution in [0.1, 0.15) is 27.9 Å². The number of rotatable bonds is 3. The second-order valence-corrected chi connectivity index (χ2v) is 5.12. The van der Waals surface area contributed by atoms with E-state index in [0.717, 1.165) is 24.9 Å². The number of benzene rings is 2. The predicted molar refractivity (Wildman–Crippen MR) is 75.4 cm³/mol. The van der Waals surface area contributed by atoms with Crippen LogP contribution in [0.25, 0.3) is 0 Å². The second-order valence-electron chi connectivity index (χ2n) is 4.69. The Kier molecular flexibility index (Phi) is 3.26. The Bertz CT molecular complexity index is 635. The third kappa shape index (κ3) is 2.49. The lowest BCUT2D eigenvalue weighted by molar-refractivity contribution is 0.112. The molecule has 0 saturated heterocycles. The maximum absolute atomic E-state index is 11.0. The lowest BCUT2D eigenvalue weighted by atomic mass is 10.1. The van der Waals surface area contributed by atoms with Crippen molar-refractivity contribution in [3.63, 3.8) is 0 Å². The van der Waals surface area contributed by atoms with E-state index in [1.165, 1.54) is 17.5 Å². The molecule has 1 aliphatic carbocycles. The number of aryl methyl sites for hydroxylation is 2. The van der Waals surface area contributed by atoms with Crippen LogP contribution in [0.4, 0.5) is 0 Å². The fourth-order valence-electron chi connectivity index (χ4n) is 2.44. The summed E-state index contributed by atoms with van der Waals surface area (Å²) in [7, 11) is 0. The highest BCUT2D eigenvalue weighted by molar-refractivity contribution is 6.30. The van der Waals surface area contributed by atoms with Gasteiger partial charge in [0.05, 0.1) is 5.56 Å². The first kappa shape index (κ1) is 12.2. The Morgan fingerprint density at radius 1 is 1.05 bits per heavy atom. The SMILES string of the molecule is O=Cc1cc(Cl)ccc1Oc1ccc2c(c1)CCC2. The van der Waals surface area contributed by atoms with E-state index in [4.69, 9.17) is 16.3 Å². The van der Waals surface area contributed by atoms with Crippen LogP contribution in [-0.2, 0) is 12.8 Å². The summed E-state index contributed by atoms with van der Waals surface area (Å²) in [6.07, 6.45) is 4.22. The number of halogens is 1. The minimum Gasteiger partial charge on any atom is -0.457 e. The quantitative estimate of drug-likeness (QED) is 0.773. The molecule has 96 valence electrons. The third-order valence-electron chi connectivity index (χ3n) is 3.40. The van der Waals surface area contributed by atoms with Gasteiger partial charge in [-0.05, 0) is 60.7 Å². The largest absolute Gasteiger partial charge is 0.457 e. The van der Waals surface area contributed by atoms with Crippen molar-refractivity contribution in [2.24, 2.45) is 0 Å². The van der Waals surface area contributed by atoms with E-state index in [1.807, 2.05) is 6.07 Å². The minimum atomic E-state index is 0.466. The molecule has 2 aromatic rings. The molecule has 0 amide bonds. The zero-order chi connectivity index (χ0) is 13.2. The zero-order valence-electron chi connectivity index (χ0n) is 10.4. The molecule has 0 fully saturated rings. The Morgan fingerprint density at radius 2 is 1.89 bits per heavy atom. The predicted octanol–water partition coefficient (Wildman–Crippen LogP) is 4.43. The maximum Gasteiger partial charge on any atom is 0.153 e. The molecule has 0 aliphatic heterocycles. The van der Waals surface area contributed by atoms with Gasteiger partial charge in [0.15, 0.2) is 6.29 Å². The van der Waals surface area contributed by atoms with E-state index in [2.05, 4.69) is 12.1 Å². The van der Waals surface area contributed by atoms with Crippen molar-refractivity contribution in [3.05, 3.63) is 58.1 Å². The summed E-state index contributed by atoms with van der Waals surface area (Å²) >= 11 is 5.86. The number of carbonyl (C=O) groups excluding carboxylic acids is 1. The van der Waals surface area contributed by atoms with Gasteiger partial charge in [0, 0.05) is 5.02 Å². The molecule has 0 N–H and O–H groups in total. The number of fused-ring (bicyclic) bond motifs is 1. The van der Waals surface area contributed by atoms with E-state index in [9.17, 15) is 4.79 Å². The van der Waals surface area contributed by atoms with Gasteiger partial charge in [-0.2, -0.15) is 0 Å². The van der Waals surface area contributed by atoms with Gasteiger partial charge in [0.2, 0.25) is 0 Å². The molecule has 3 heteroatoms. The maximum atomic E-state index is 11.0. The average Bonchev–Trinajstić information content (AvgIpc) is 2.88. The van der Waals surface area contributed by atoms with Gasteiger partial charge >= 0.3 is 0 Å². The third-order valence-corrected chi connectivity index (χ3v) is 3.63. The summed E-state index contributed by atoms with van der Waals surface area (Å²) in [5.74, 6) is 1.31. The van der Waals surface area contributed by atoms with Crippen LogP contribution in [0.15, 0.2) is 36.4 Å². The van der Waals surface area contributed by atoms with Crippen molar-refractivity contribution in [2.45, 2.75) is 19.3 Å². The van der Waals surface area contributed by atoms with Crippen molar-refractivity contribution in [1.82, 2.24) is 0 Å². The first-order valence-corrected chi connectivity index (χ1v) is 6.68. The van der Waals surface area contributed by atoms with Crippen LogP contribution in [0.2, 0.25) is 5.02 Å². The normalized spacial score (nSPS) is 13.1. The van der Waals surface area contributed by atoms with Crippen LogP contribution in [-0.4, -0.2) is 6.29 Å². The van der Waals surface area contributed by atoms with Gasteiger partial charge in [-0.25, -0.2) is 0 Å². The van der Waals surface area contributed by atoms with Crippen LogP contribution in [0.3, 0.4) is 0 Å². The molecular weight excluding hydrogens is 260 g/mol. The molecule has 0 bridgehead atoms. The number of aldehydes is 1. The summed E-state index contributed by atoms with van der Waals surface area (Å²) in [6.45, 7) is 0. The monoisotopic (exact) mass is 272 g/mol. The summed E-state index contributed by atoms with van der Waals surface area (Å²) in [5, 5.41) is 0.531. The molecule has 1 aliphatic rings. The van der Waals surface area contributed by atoms with Gasteiger partial charge in [-0.15, -0.1) is 0 Å². The standard InChI is InChI=1S/C16H13ClO2/c17-14-5-7-16(13(8-14)10-18)19-15-6-4-11-2-1-3-12(11)9-15/h4-10H,1-3H2. The van der Waals surface area contributed by atoms with Crippen molar-refractivity contribution in [2.75, 3.05) is 0 Å². The molecule has 2 nitrogen and oxygen atoms in total. The molecule has 3 rings (SSSR count). The number of carbonyl (C=O) groups is 1. The topological polar surface area (TPSA) is 26.3 Å². The van der Waals surface area contributed by atoms with E-state index >= 15 is 0 Å². The van der Waals surface area contributed by atoms with E-state index in [-0.39, 0.29) is 0 Å². The Labute approximate surface area is 117 Å². The molecular formula is C16H13ClO2. The van der Waals surface area contributed by atoms with Crippen molar-refractivity contribution in [3.8, 4) is 11.5 Å².